The minimum atomic E-state index is -3.51. The molecule has 194 valence electrons. The number of rotatable bonds is 12. The Balaban J connectivity index is 1.39. The van der Waals surface area contributed by atoms with E-state index >= 15 is 0 Å². The molecule has 1 fully saturated rings. The summed E-state index contributed by atoms with van der Waals surface area (Å²) in [7, 11) is -3.51. The highest BCUT2D eigenvalue weighted by Crippen LogP contribution is 2.22. The van der Waals surface area contributed by atoms with Gasteiger partial charge in [-0.25, -0.2) is 13.1 Å². The number of amides is 2. The summed E-state index contributed by atoms with van der Waals surface area (Å²) < 4.78 is 27.5. The lowest BCUT2D eigenvalue weighted by molar-refractivity contribution is -0.140. The first-order valence-electron chi connectivity index (χ1n) is 12.4. The fourth-order valence-corrected chi connectivity index (χ4v) is 5.21. The van der Waals surface area contributed by atoms with E-state index in [0.29, 0.717) is 13.0 Å². The highest BCUT2D eigenvalue weighted by molar-refractivity contribution is 7.89. The summed E-state index contributed by atoms with van der Waals surface area (Å²) in [6.07, 6.45) is 4.04. The van der Waals surface area contributed by atoms with Crippen LogP contribution in [0.25, 0.3) is 0 Å². The molecule has 1 aliphatic carbocycles. The van der Waals surface area contributed by atoms with E-state index in [-0.39, 0.29) is 35.7 Å². The van der Waals surface area contributed by atoms with Crippen LogP contribution in [0.15, 0.2) is 83.9 Å². The second kappa shape index (κ2) is 12.1. The molecule has 1 saturated carbocycles. The zero-order valence-electron chi connectivity index (χ0n) is 20.8. The molecule has 2 N–H and O–H groups in total. The summed E-state index contributed by atoms with van der Waals surface area (Å²) in [4.78, 5) is 32.3. The Kier molecular flexibility index (Phi) is 8.68. The van der Waals surface area contributed by atoms with Crippen LogP contribution in [-0.4, -0.2) is 42.2 Å². The molecule has 1 atom stereocenters. The molecule has 9 heteroatoms. The molecular formula is C28H32N4O4S. The molecule has 0 aliphatic heterocycles. The average molecular weight is 521 g/mol. The number of aryl methyl sites for hydroxylation is 1. The monoisotopic (exact) mass is 520 g/mol. The molecular weight excluding hydrogens is 488 g/mol. The molecule has 1 aliphatic rings. The summed E-state index contributed by atoms with van der Waals surface area (Å²) in [5.74, 6) is -0.413. The number of hydrogen-bond donors (Lipinski definition) is 2. The maximum absolute atomic E-state index is 13.3. The van der Waals surface area contributed by atoms with Crippen molar-refractivity contribution in [1.29, 1.82) is 0 Å². The van der Waals surface area contributed by atoms with Gasteiger partial charge in [0, 0.05) is 25.2 Å². The van der Waals surface area contributed by atoms with Crippen molar-refractivity contribution in [2.75, 3.05) is 0 Å². The van der Waals surface area contributed by atoms with Gasteiger partial charge in [0.05, 0.1) is 17.1 Å². The van der Waals surface area contributed by atoms with E-state index in [9.17, 15) is 18.0 Å². The fraction of sp³-hybridized carbons (Fsp3) is 0.321. The van der Waals surface area contributed by atoms with Gasteiger partial charge in [-0.05, 0) is 61.6 Å². The smallest absolute Gasteiger partial charge is 0.242 e. The molecule has 1 aromatic heterocycles. The lowest BCUT2D eigenvalue weighted by Gasteiger charge is -2.29. The van der Waals surface area contributed by atoms with E-state index in [1.807, 2.05) is 48.5 Å². The molecule has 8 nitrogen and oxygen atoms in total. The van der Waals surface area contributed by atoms with Crippen molar-refractivity contribution in [3.63, 3.8) is 0 Å². The highest BCUT2D eigenvalue weighted by atomic mass is 32.2. The van der Waals surface area contributed by atoms with E-state index in [0.717, 1.165) is 29.7 Å². The second-order valence-corrected chi connectivity index (χ2v) is 11.0. The molecule has 0 saturated heterocycles. The Morgan fingerprint density at radius 3 is 2.32 bits per heavy atom. The largest absolute Gasteiger partial charge is 0.349 e. The third-order valence-corrected chi connectivity index (χ3v) is 7.83. The molecule has 2 amide bonds. The van der Waals surface area contributed by atoms with Crippen molar-refractivity contribution < 1.29 is 18.0 Å². The summed E-state index contributed by atoms with van der Waals surface area (Å²) in [5, 5.41) is 2.87. The van der Waals surface area contributed by atoms with Gasteiger partial charge in [0.1, 0.15) is 6.04 Å². The van der Waals surface area contributed by atoms with Gasteiger partial charge >= 0.3 is 0 Å². The Morgan fingerprint density at radius 1 is 0.973 bits per heavy atom. The minimum Gasteiger partial charge on any atom is -0.349 e. The third-order valence-electron chi connectivity index (χ3n) is 6.29. The predicted octanol–water partition coefficient (Wildman–Crippen LogP) is 3.19. The van der Waals surface area contributed by atoms with Crippen LogP contribution in [0.3, 0.4) is 0 Å². The molecule has 4 rings (SSSR count). The van der Waals surface area contributed by atoms with Crippen LogP contribution in [0.5, 0.6) is 0 Å². The van der Waals surface area contributed by atoms with Gasteiger partial charge in [0.15, 0.2) is 0 Å². The predicted molar refractivity (Wildman–Crippen MR) is 141 cm³/mol. The highest BCUT2D eigenvalue weighted by Gasteiger charge is 2.28. The molecule has 3 aromatic rings. The van der Waals surface area contributed by atoms with Gasteiger partial charge in [0.2, 0.25) is 21.8 Å². The van der Waals surface area contributed by atoms with Gasteiger partial charge in [-0.1, -0.05) is 48.5 Å². The zero-order chi connectivity index (χ0) is 26.3. The van der Waals surface area contributed by atoms with Crippen molar-refractivity contribution in [2.45, 2.75) is 62.7 Å². The van der Waals surface area contributed by atoms with E-state index < -0.39 is 16.1 Å². The lowest BCUT2D eigenvalue weighted by Crippen LogP contribution is -2.47. The van der Waals surface area contributed by atoms with Gasteiger partial charge in [-0.2, -0.15) is 0 Å². The minimum absolute atomic E-state index is 0.0426. The summed E-state index contributed by atoms with van der Waals surface area (Å²) >= 11 is 0. The van der Waals surface area contributed by atoms with Gasteiger partial charge in [0.25, 0.3) is 0 Å². The van der Waals surface area contributed by atoms with Crippen LogP contribution >= 0.6 is 0 Å². The Bertz CT molecular complexity index is 1300. The quantitative estimate of drug-likeness (QED) is 0.381. The number of carbonyl (C=O) groups is 2. The van der Waals surface area contributed by atoms with E-state index in [1.54, 1.807) is 42.3 Å². The topological polar surface area (TPSA) is 108 Å². The number of pyridine rings is 1. The molecule has 0 spiro atoms. The molecule has 2 aromatic carbocycles. The normalized spacial score (nSPS) is 14.1. The van der Waals surface area contributed by atoms with Crippen LogP contribution in [0.2, 0.25) is 0 Å². The van der Waals surface area contributed by atoms with Crippen molar-refractivity contribution in [3.05, 3.63) is 95.8 Å². The van der Waals surface area contributed by atoms with Crippen LogP contribution in [-0.2, 0) is 39.1 Å². The maximum atomic E-state index is 13.3. The first kappa shape index (κ1) is 26.5. The van der Waals surface area contributed by atoms with Crippen molar-refractivity contribution in [3.8, 4) is 0 Å². The summed E-state index contributed by atoms with van der Waals surface area (Å²) in [5.41, 5.74) is 2.52. The first-order valence-corrected chi connectivity index (χ1v) is 13.9. The van der Waals surface area contributed by atoms with Crippen LogP contribution in [0, 0.1) is 0 Å². The molecule has 0 bridgehead atoms. The maximum Gasteiger partial charge on any atom is 0.242 e. The van der Waals surface area contributed by atoms with Crippen LogP contribution in [0.1, 0.15) is 43.0 Å². The number of sulfonamides is 1. The molecule has 0 unspecified atom stereocenters. The second-order valence-electron chi connectivity index (χ2n) is 9.26. The van der Waals surface area contributed by atoms with Gasteiger partial charge < -0.3 is 10.2 Å². The molecule has 1 heterocycles. The van der Waals surface area contributed by atoms with Crippen LogP contribution in [0.4, 0.5) is 0 Å². The number of nitrogens with zero attached hydrogens (tertiary/aromatic N) is 2. The van der Waals surface area contributed by atoms with E-state index in [2.05, 4.69) is 15.0 Å². The Morgan fingerprint density at radius 2 is 1.68 bits per heavy atom. The standard InChI is InChI=1S/C28H32N4O4S/c1-21(28(34)30-19-25-9-5-6-18-29-25)32(20-23-7-3-2-4-8-23)27(33)17-12-22-10-15-26(16-11-22)37(35,36)31-24-13-14-24/h2-11,15-16,18,21,24,31H,12-14,17,19-20H2,1H3,(H,30,34)/t21-/m1/s1. The fourth-order valence-electron chi connectivity index (χ4n) is 3.91. The number of aromatic nitrogens is 1. The third kappa shape index (κ3) is 7.71. The first-order chi connectivity index (χ1) is 17.8. The summed E-state index contributed by atoms with van der Waals surface area (Å²) in [6.45, 7) is 2.31. The van der Waals surface area contributed by atoms with Crippen LogP contribution < -0.4 is 10.0 Å². The zero-order valence-corrected chi connectivity index (χ0v) is 21.7. The average Bonchev–Trinajstić information content (AvgIpc) is 3.73. The number of hydrogen-bond acceptors (Lipinski definition) is 5. The molecule has 0 radical (unpaired) electrons. The van der Waals surface area contributed by atoms with Gasteiger partial charge in [-0.3, -0.25) is 14.6 Å². The number of carbonyl (C=O) groups excluding carboxylic acids is 2. The Hall–Kier alpha value is -3.56. The van der Waals surface area contributed by atoms with Crippen molar-refractivity contribution in [1.82, 2.24) is 19.9 Å². The lowest BCUT2D eigenvalue weighted by atomic mass is 10.1. The van der Waals surface area contributed by atoms with Crippen molar-refractivity contribution >= 4 is 21.8 Å². The van der Waals surface area contributed by atoms with Gasteiger partial charge in [-0.15, -0.1) is 0 Å². The van der Waals surface area contributed by atoms with E-state index in [4.69, 9.17) is 0 Å². The SMILES string of the molecule is C[C@H](C(=O)NCc1ccccn1)N(Cc1ccccc1)C(=O)CCc1ccc(S(=O)(=O)NC2CC2)cc1. The summed E-state index contributed by atoms with van der Waals surface area (Å²) in [6, 6.07) is 21.0. The van der Waals surface area contributed by atoms with Crippen molar-refractivity contribution in [2.24, 2.45) is 0 Å². The number of nitrogens with one attached hydrogen (secondary N) is 2. The Labute approximate surface area is 218 Å². The number of benzene rings is 2. The van der Waals surface area contributed by atoms with E-state index in [1.165, 1.54) is 0 Å². The molecule has 37 heavy (non-hydrogen) atoms.